The van der Waals surface area contributed by atoms with Crippen LogP contribution in [-0.2, 0) is 19.1 Å². The minimum atomic E-state index is -4.35. The Hall–Kier alpha value is -2.76. The van der Waals surface area contributed by atoms with Gasteiger partial charge < -0.3 is 9.88 Å². The van der Waals surface area contributed by atoms with E-state index in [4.69, 9.17) is 0 Å². The van der Waals surface area contributed by atoms with Gasteiger partial charge in [-0.25, -0.2) is 0 Å². The summed E-state index contributed by atoms with van der Waals surface area (Å²) in [7, 11) is 0. The zero-order valence-corrected chi connectivity index (χ0v) is 18.3. The summed E-state index contributed by atoms with van der Waals surface area (Å²) >= 11 is 0. The molecule has 0 bridgehead atoms. The molecule has 1 amide bonds. The number of benzene rings is 2. The lowest BCUT2D eigenvalue weighted by molar-refractivity contribution is -0.137. The SMILES string of the molecule is CCn1cc(C(=O)NCC2CCCCC2)c2c(Cc3ccc(C(F)(F)F)cc3)cccc21. The van der Waals surface area contributed by atoms with Crippen LogP contribution in [0.4, 0.5) is 13.2 Å². The van der Waals surface area contributed by atoms with Crippen LogP contribution in [0.1, 0.15) is 66.1 Å². The number of aryl methyl sites for hydroxylation is 1. The average Bonchev–Trinajstić information content (AvgIpc) is 3.18. The van der Waals surface area contributed by atoms with Crippen molar-refractivity contribution in [2.75, 3.05) is 6.54 Å². The van der Waals surface area contributed by atoms with E-state index < -0.39 is 11.7 Å². The lowest BCUT2D eigenvalue weighted by atomic mass is 9.89. The van der Waals surface area contributed by atoms with Gasteiger partial charge in [-0.2, -0.15) is 13.2 Å². The van der Waals surface area contributed by atoms with Crippen LogP contribution < -0.4 is 5.32 Å². The summed E-state index contributed by atoms with van der Waals surface area (Å²) in [6.07, 6.45) is 4.08. The van der Waals surface area contributed by atoms with Crippen molar-refractivity contribution in [3.63, 3.8) is 0 Å². The Kier molecular flexibility index (Phi) is 6.58. The lowest BCUT2D eigenvalue weighted by Gasteiger charge is -2.21. The summed E-state index contributed by atoms with van der Waals surface area (Å²) in [4.78, 5) is 13.1. The summed E-state index contributed by atoms with van der Waals surface area (Å²) in [5, 5.41) is 4.02. The van der Waals surface area contributed by atoms with E-state index in [1.54, 1.807) is 0 Å². The normalized spacial score (nSPS) is 15.2. The van der Waals surface area contributed by atoms with Crippen molar-refractivity contribution in [2.24, 2.45) is 5.92 Å². The molecule has 0 radical (unpaired) electrons. The highest BCUT2D eigenvalue weighted by atomic mass is 19.4. The fraction of sp³-hybridized carbons (Fsp3) is 0.423. The molecule has 2 aromatic carbocycles. The van der Waals surface area contributed by atoms with Crippen LogP contribution >= 0.6 is 0 Å². The molecule has 3 aromatic rings. The van der Waals surface area contributed by atoms with Gasteiger partial charge in [-0.05, 0) is 61.4 Å². The van der Waals surface area contributed by atoms with Gasteiger partial charge in [-0.3, -0.25) is 4.79 Å². The zero-order valence-electron chi connectivity index (χ0n) is 18.3. The predicted octanol–water partition coefficient (Wildman–Crippen LogP) is 6.58. The molecular formula is C26H29F3N2O. The molecule has 0 saturated heterocycles. The maximum atomic E-state index is 13.1. The first kappa shape index (κ1) is 22.4. The second-order valence-corrected chi connectivity index (χ2v) is 8.73. The van der Waals surface area contributed by atoms with E-state index in [2.05, 4.69) is 9.88 Å². The van der Waals surface area contributed by atoms with Crippen molar-refractivity contribution in [3.8, 4) is 0 Å². The van der Waals surface area contributed by atoms with Gasteiger partial charge in [0.25, 0.3) is 5.91 Å². The van der Waals surface area contributed by atoms with Gasteiger partial charge in [0.1, 0.15) is 0 Å². The third-order valence-corrected chi connectivity index (χ3v) is 6.53. The standard InChI is InChI=1S/C26H29F3N2O/c1-2-31-17-22(25(32)30-16-19-7-4-3-5-8-19)24-20(9-6-10-23(24)31)15-18-11-13-21(14-12-18)26(27,28)29/h6,9-14,17,19H,2-5,7-8,15-16H2,1H3,(H,30,32). The van der Waals surface area contributed by atoms with Crippen LogP contribution in [0.25, 0.3) is 10.9 Å². The molecular weight excluding hydrogens is 413 g/mol. The van der Waals surface area contributed by atoms with E-state index in [0.29, 0.717) is 24.4 Å². The van der Waals surface area contributed by atoms with E-state index in [1.807, 2.05) is 31.3 Å². The molecule has 1 N–H and O–H groups in total. The average molecular weight is 443 g/mol. The molecule has 1 saturated carbocycles. The van der Waals surface area contributed by atoms with E-state index in [1.165, 1.54) is 31.4 Å². The number of halogens is 3. The molecule has 1 aliphatic carbocycles. The van der Waals surface area contributed by atoms with Crippen LogP contribution in [0.3, 0.4) is 0 Å². The third-order valence-electron chi connectivity index (χ3n) is 6.53. The number of nitrogens with zero attached hydrogens (tertiary/aromatic N) is 1. The summed E-state index contributed by atoms with van der Waals surface area (Å²) in [5.41, 5.74) is 2.68. The monoisotopic (exact) mass is 442 g/mol. The fourth-order valence-electron chi connectivity index (χ4n) is 4.76. The summed E-state index contributed by atoms with van der Waals surface area (Å²) in [6, 6.07) is 11.2. The predicted molar refractivity (Wildman–Crippen MR) is 121 cm³/mol. The highest BCUT2D eigenvalue weighted by Crippen LogP contribution is 2.31. The van der Waals surface area contributed by atoms with Crippen molar-refractivity contribution in [2.45, 2.75) is 58.2 Å². The summed E-state index contributed by atoms with van der Waals surface area (Å²) in [5.74, 6) is 0.464. The number of fused-ring (bicyclic) bond motifs is 1. The summed E-state index contributed by atoms with van der Waals surface area (Å²) in [6.45, 7) is 3.46. The maximum absolute atomic E-state index is 13.1. The van der Waals surface area contributed by atoms with Gasteiger partial charge in [-0.15, -0.1) is 0 Å². The number of aromatic nitrogens is 1. The molecule has 1 fully saturated rings. The van der Waals surface area contributed by atoms with Crippen molar-refractivity contribution in [3.05, 3.63) is 70.9 Å². The van der Waals surface area contributed by atoms with Crippen LogP contribution in [0.2, 0.25) is 0 Å². The van der Waals surface area contributed by atoms with Crippen LogP contribution in [0, 0.1) is 5.92 Å². The maximum Gasteiger partial charge on any atom is 0.416 e. The van der Waals surface area contributed by atoms with E-state index in [-0.39, 0.29) is 5.91 Å². The topological polar surface area (TPSA) is 34.0 Å². The molecule has 32 heavy (non-hydrogen) atoms. The Bertz CT molecular complexity index is 1080. The van der Waals surface area contributed by atoms with Gasteiger partial charge >= 0.3 is 6.18 Å². The molecule has 0 atom stereocenters. The first-order valence-corrected chi connectivity index (χ1v) is 11.4. The van der Waals surface area contributed by atoms with Crippen molar-refractivity contribution in [1.29, 1.82) is 0 Å². The molecule has 6 heteroatoms. The quantitative estimate of drug-likeness (QED) is 0.460. The van der Waals surface area contributed by atoms with Gasteiger partial charge in [0, 0.05) is 30.2 Å². The molecule has 3 nitrogen and oxygen atoms in total. The number of carbonyl (C=O) groups is 1. The third kappa shape index (κ3) is 4.84. The molecule has 1 aromatic heterocycles. The number of amides is 1. The minimum Gasteiger partial charge on any atom is -0.352 e. The van der Waals surface area contributed by atoms with E-state index in [0.717, 1.165) is 53.5 Å². The number of nitrogens with one attached hydrogen (secondary N) is 1. The second-order valence-electron chi connectivity index (χ2n) is 8.73. The second kappa shape index (κ2) is 9.39. The molecule has 1 aliphatic rings. The number of rotatable bonds is 6. The highest BCUT2D eigenvalue weighted by Gasteiger charge is 2.30. The molecule has 1 heterocycles. The smallest absolute Gasteiger partial charge is 0.352 e. The number of hydrogen-bond donors (Lipinski definition) is 1. The van der Waals surface area contributed by atoms with Gasteiger partial charge in [-0.1, -0.05) is 43.5 Å². The first-order chi connectivity index (χ1) is 15.4. The van der Waals surface area contributed by atoms with Gasteiger partial charge in [0.15, 0.2) is 0 Å². The van der Waals surface area contributed by atoms with E-state index in [9.17, 15) is 18.0 Å². The van der Waals surface area contributed by atoms with E-state index >= 15 is 0 Å². The number of carbonyl (C=O) groups excluding carboxylic acids is 1. The number of alkyl halides is 3. The Balaban J connectivity index is 1.61. The Morgan fingerprint density at radius 1 is 1.06 bits per heavy atom. The van der Waals surface area contributed by atoms with Crippen molar-refractivity contribution >= 4 is 16.8 Å². The Morgan fingerprint density at radius 3 is 2.44 bits per heavy atom. The molecule has 0 spiro atoms. The minimum absolute atomic E-state index is 0.0763. The van der Waals surface area contributed by atoms with Gasteiger partial charge in [0.2, 0.25) is 0 Å². The van der Waals surface area contributed by atoms with Crippen molar-refractivity contribution < 1.29 is 18.0 Å². The number of hydrogen-bond acceptors (Lipinski definition) is 1. The summed E-state index contributed by atoms with van der Waals surface area (Å²) < 4.78 is 40.8. The van der Waals surface area contributed by atoms with Gasteiger partial charge in [0.05, 0.1) is 11.1 Å². The van der Waals surface area contributed by atoms with Crippen molar-refractivity contribution in [1.82, 2.24) is 9.88 Å². The largest absolute Gasteiger partial charge is 0.416 e. The molecule has 170 valence electrons. The Morgan fingerprint density at radius 2 is 1.78 bits per heavy atom. The fourth-order valence-corrected chi connectivity index (χ4v) is 4.76. The van der Waals surface area contributed by atoms with Crippen LogP contribution in [-0.4, -0.2) is 17.0 Å². The zero-order chi connectivity index (χ0) is 22.7. The molecule has 0 aliphatic heterocycles. The lowest BCUT2D eigenvalue weighted by Crippen LogP contribution is -2.30. The molecule has 0 unspecified atom stereocenters. The Labute approximate surface area is 186 Å². The van der Waals surface area contributed by atoms with Crippen LogP contribution in [0.15, 0.2) is 48.7 Å². The molecule has 4 rings (SSSR count). The van der Waals surface area contributed by atoms with Crippen LogP contribution in [0.5, 0.6) is 0 Å². The first-order valence-electron chi connectivity index (χ1n) is 11.4. The highest BCUT2D eigenvalue weighted by molar-refractivity contribution is 6.08.